The number of ether oxygens (including phenoxy) is 6. The van der Waals surface area contributed by atoms with Crippen LogP contribution < -0.4 is 20.7 Å². The van der Waals surface area contributed by atoms with E-state index in [-0.39, 0.29) is 48.1 Å². The zero-order valence-electron chi connectivity index (χ0n) is 30.8. The van der Waals surface area contributed by atoms with Crippen molar-refractivity contribution in [2.45, 2.75) is 71.1 Å². The summed E-state index contributed by atoms with van der Waals surface area (Å²) in [6.45, 7) is 5.43. The Balaban J connectivity index is 1.35. The molecule has 5 atom stereocenters. The van der Waals surface area contributed by atoms with Crippen LogP contribution in [-0.2, 0) is 42.9 Å². The summed E-state index contributed by atoms with van der Waals surface area (Å²) in [5.74, 6) is -3.25. The Morgan fingerprint density at radius 2 is 1.56 bits per heavy atom. The molecule has 3 N–H and O–H groups in total. The number of carbonyl (C=O) groups is 5. The van der Waals surface area contributed by atoms with Crippen LogP contribution in [0.2, 0.25) is 5.02 Å². The number of methoxy groups -OCH3 is 1. The van der Waals surface area contributed by atoms with Gasteiger partial charge in [-0.15, -0.1) is 0 Å². The van der Waals surface area contributed by atoms with E-state index in [1.165, 1.54) is 57.7 Å². The van der Waals surface area contributed by atoms with Crippen molar-refractivity contribution in [1.82, 2.24) is 25.6 Å². The molecule has 0 spiro atoms. The maximum atomic E-state index is 14.6. The van der Waals surface area contributed by atoms with Crippen molar-refractivity contribution in [3.8, 4) is 17.1 Å². The zero-order valence-corrected chi connectivity index (χ0v) is 31.5. The summed E-state index contributed by atoms with van der Waals surface area (Å²) in [5, 5.41) is 9.44. The second kappa shape index (κ2) is 20.3. The number of aromatic nitrogens is 3. The summed E-state index contributed by atoms with van der Waals surface area (Å²) >= 11 is 6.06. The lowest BCUT2D eigenvalue weighted by Gasteiger charge is -2.44. The first-order valence-corrected chi connectivity index (χ1v) is 17.5. The van der Waals surface area contributed by atoms with Gasteiger partial charge >= 0.3 is 23.9 Å². The lowest BCUT2D eigenvalue weighted by molar-refractivity contribution is -0.253. The molecule has 296 valence electrons. The van der Waals surface area contributed by atoms with Gasteiger partial charge in [0.15, 0.2) is 35.7 Å². The Hall–Kier alpha value is -5.46. The Morgan fingerprint density at radius 3 is 2.24 bits per heavy atom. The second-order valence-corrected chi connectivity index (χ2v) is 12.6. The van der Waals surface area contributed by atoms with Crippen LogP contribution in [0.4, 0.5) is 15.9 Å². The topological polar surface area (TPSA) is 215 Å². The molecule has 0 bridgehead atoms. The molecule has 1 fully saturated rings. The van der Waals surface area contributed by atoms with Gasteiger partial charge in [-0.05, 0) is 50.2 Å². The van der Waals surface area contributed by atoms with Gasteiger partial charge < -0.3 is 44.4 Å². The van der Waals surface area contributed by atoms with Crippen molar-refractivity contribution in [1.29, 1.82) is 0 Å². The Bertz CT molecular complexity index is 1850. The van der Waals surface area contributed by atoms with Crippen LogP contribution in [0, 0.1) is 5.82 Å². The normalized spacial score (nSPS) is 19.1. The highest BCUT2D eigenvalue weighted by atomic mass is 35.5. The molecule has 0 radical (unpaired) electrons. The third kappa shape index (κ3) is 12.3. The molecule has 2 aromatic heterocycles. The van der Waals surface area contributed by atoms with E-state index in [2.05, 4.69) is 30.9 Å². The number of benzene rings is 1. The van der Waals surface area contributed by atoms with Crippen LogP contribution >= 0.6 is 11.6 Å². The van der Waals surface area contributed by atoms with Crippen LogP contribution in [0.25, 0.3) is 11.4 Å². The van der Waals surface area contributed by atoms with Crippen molar-refractivity contribution in [2.24, 2.45) is 0 Å². The molecule has 55 heavy (non-hydrogen) atoms. The smallest absolute Gasteiger partial charge is 0.303 e. The minimum atomic E-state index is -1.24. The second-order valence-electron chi connectivity index (χ2n) is 12.2. The summed E-state index contributed by atoms with van der Waals surface area (Å²) in [6.07, 6.45) is -0.505. The fourth-order valence-electron chi connectivity index (χ4n) is 5.65. The number of nitrogens with one attached hydrogen (secondary N) is 3. The molecule has 4 rings (SSSR count). The minimum absolute atomic E-state index is 0.0463. The number of pyridine rings is 1. The first kappa shape index (κ1) is 42.3. The number of carbonyl (C=O) groups excluding carboxylic acids is 5. The van der Waals surface area contributed by atoms with Crippen molar-refractivity contribution >= 4 is 52.9 Å². The van der Waals surface area contributed by atoms with Crippen LogP contribution in [0.3, 0.4) is 0 Å². The Labute approximate surface area is 320 Å². The Kier molecular flexibility index (Phi) is 15.6. The minimum Gasteiger partial charge on any atom is -0.491 e. The molecule has 1 unspecified atom stereocenters. The SMILES string of the molecule is COc1cnc(-c2cc(Cl)ccc2F)nc1Nc1ccncc1C(=O)NCCCNCCC1O[C@H](COC(C)=O)[C@@H](OC(C)=O)[C@H](OC(C)=O)[C@H]1OC(C)=O. The summed E-state index contributed by atoms with van der Waals surface area (Å²) in [6, 6.07) is 5.60. The van der Waals surface area contributed by atoms with Crippen LogP contribution in [0.15, 0.2) is 42.9 Å². The van der Waals surface area contributed by atoms with Gasteiger partial charge in [0, 0.05) is 51.7 Å². The lowest BCUT2D eigenvalue weighted by atomic mass is 9.92. The van der Waals surface area contributed by atoms with Gasteiger partial charge in [0.05, 0.1) is 30.1 Å². The summed E-state index contributed by atoms with van der Waals surface area (Å²) in [7, 11) is 1.42. The number of hydrogen-bond acceptors (Lipinski definition) is 16. The quantitative estimate of drug-likeness (QED) is 0.102. The average molecular weight is 789 g/mol. The van der Waals surface area contributed by atoms with E-state index in [0.29, 0.717) is 30.2 Å². The van der Waals surface area contributed by atoms with Crippen LogP contribution in [-0.4, -0.2) is 109 Å². The van der Waals surface area contributed by atoms with E-state index >= 15 is 0 Å². The highest BCUT2D eigenvalue weighted by Gasteiger charge is 2.51. The molecule has 1 aromatic carbocycles. The Morgan fingerprint density at radius 1 is 0.873 bits per heavy atom. The van der Waals surface area contributed by atoms with E-state index in [1.54, 1.807) is 6.07 Å². The summed E-state index contributed by atoms with van der Waals surface area (Å²) in [5.41, 5.74) is 0.637. The predicted octanol–water partition coefficient (Wildman–Crippen LogP) is 3.31. The number of rotatable bonds is 17. The maximum absolute atomic E-state index is 14.6. The van der Waals surface area contributed by atoms with Crippen LogP contribution in [0.1, 0.15) is 50.9 Å². The van der Waals surface area contributed by atoms with Crippen LogP contribution in [0.5, 0.6) is 5.75 Å². The standard InChI is InChI=1S/C36H42ClFN6O11/c1-19(45)51-18-30-32(53-21(3)47)33(54-22(4)48)31(52-20(2)46)28(55-30)10-14-39-11-6-12-41-36(49)25-16-40-13-9-27(25)43-35-29(50-5)17-42-34(44-35)24-15-23(37)7-8-26(24)38/h7-9,13,15-17,28,30-33,39H,6,10-12,14,18H2,1-5H3,(H,41,49)(H,40,42,43,44)/t28?,30-,31+,32-,33-/m1/s1. The molecule has 0 saturated carbocycles. The summed E-state index contributed by atoms with van der Waals surface area (Å²) in [4.78, 5) is 73.6. The number of hydrogen-bond donors (Lipinski definition) is 3. The molecule has 3 aromatic rings. The largest absolute Gasteiger partial charge is 0.491 e. The molecule has 1 amide bonds. The number of esters is 4. The van der Waals surface area contributed by atoms with Crippen molar-refractivity contribution in [2.75, 3.05) is 38.7 Å². The monoisotopic (exact) mass is 788 g/mol. The molecule has 3 heterocycles. The van der Waals surface area contributed by atoms with Gasteiger partial charge in [0.2, 0.25) is 0 Å². The van der Waals surface area contributed by atoms with Gasteiger partial charge in [0.1, 0.15) is 24.6 Å². The highest BCUT2D eigenvalue weighted by molar-refractivity contribution is 6.30. The maximum Gasteiger partial charge on any atom is 0.303 e. The zero-order chi connectivity index (χ0) is 40.1. The molecular weight excluding hydrogens is 747 g/mol. The molecule has 1 aliphatic rings. The highest BCUT2D eigenvalue weighted by Crippen LogP contribution is 2.32. The fraction of sp³-hybridized carbons (Fsp3) is 0.444. The number of nitrogens with zero attached hydrogens (tertiary/aromatic N) is 3. The molecule has 0 aliphatic carbocycles. The molecule has 17 nitrogen and oxygen atoms in total. The van der Waals surface area contributed by atoms with E-state index in [9.17, 15) is 28.4 Å². The van der Waals surface area contributed by atoms with Crippen molar-refractivity contribution < 1.29 is 56.8 Å². The average Bonchev–Trinajstić information content (AvgIpc) is 3.13. The number of amides is 1. The molecule has 1 aliphatic heterocycles. The van der Waals surface area contributed by atoms with Crippen molar-refractivity contribution in [3.05, 3.63) is 59.3 Å². The predicted molar refractivity (Wildman–Crippen MR) is 193 cm³/mol. The van der Waals surface area contributed by atoms with E-state index in [4.69, 9.17) is 40.0 Å². The van der Waals surface area contributed by atoms with Gasteiger partial charge in [-0.2, -0.15) is 0 Å². The van der Waals surface area contributed by atoms with E-state index < -0.39 is 66.1 Å². The molecule has 19 heteroatoms. The van der Waals surface area contributed by atoms with Gasteiger partial charge in [0.25, 0.3) is 5.91 Å². The molecular formula is C36H42ClFN6O11. The third-order valence-electron chi connectivity index (χ3n) is 7.97. The van der Waals surface area contributed by atoms with E-state index in [0.717, 1.165) is 13.8 Å². The lowest BCUT2D eigenvalue weighted by Crippen LogP contribution is -2.62. The van der Waals surface area contributed by atoms with Crippen molar-refractivity contribution in [3.63, 3.8) is 0 Å². The number of anilines is 2. The van der Waals surface area contributed by atoms with E-state index in [1.807, 2.05) is 0 Å². The van der Waals surface area contributed by atoms with Gasteiger partial charge in [-0.3, -0.25) is 29.0 Å². The number of halogens is 2. The van der Waals surface area contributed by atoms with Gasteiger partial charge in [-0.1, -0.05) is 11.6 Å². The first-order chi connectivity index (χ1) is 26.3. The first-order valence-electron chi connectivity index (χ1n) is 17.1. The van der Waals surface area contributed by atoms with Gasteiger partial charge in [-0.25, -0.2) is 14.4 Å². The molecule has 1 saturated heterocycles. The summed E-state index contributed by atoms with van der Waals surface area (Å²) < 4.78 is 47.6. The fourth-order valence-corrected chi connectivity index (χ4v) is 5.82. The third-order valence-corrected chi connectivity index (χ3v) is 8.21.